The number of ether oxygens (including phenoxy) is 5. The highest BCUT2D eigenvalue weighted by atomic mass is 16.6. The van der Waals surface area contributed by atoms with Crippen molar-refractivity contribution >= 4 is 41.2 Å². The van der Waals surface area contributed by atoms with Crippen LogP contribution in [0, 0.1) is 0 Å². The van der Waals surface area contributed by atoms with Gasteiger partial charge >= 0.3 is 5.97 Å². The molecule has 0 bridgehead atoms. The van der Waals surface area contributed by atoms with Crippen LogP contribution >= 0.6 is 0 Å². The molecule has 3 rings (SSSR count). The molecule has 14 heteroatoms. The van der Waals surface area contributed by atoms with Crippen LogP contribution in [0.3, 0.4) is 0 Å². The number of fused-ring (bicyclic) bond motifs is 1. The normalized spacial score (nSPS) is 16.4. The van der Waals surface area contributed by atoms with Gasteiger partial charge in [0, 0.05) is 19.4 Å². The number of unbranched alkanes of at least 4 members (excludes halogenated alkanes) is 2. The monoisotopic (exact) mass is 591 g/mol. The number of carbonyl (C=O) groups is 6. The van der Waals surface area contributed by atoms with Crippen molar-refractivity contribution in [3.63, 3.8) is 0 Å². The first-order valence-corrected chi connectivity index (χ1v) is 13.9. The SMILES string of the molecule is COC(=O)COCCOCCOCCOCCCCCC(=O)Nc1cccc2c1C(=O)N(C1CCC(=O)NC1=O)C2=O. The van der Waals surface area contributed by atoms with Gasteiger partial charge in [-0.05, 0) is 31.4 Å². The maximum absolute atomic E-state index is 13.1. The number of amides is 5. The predicted octanol–water partition coefficient (Wildman–Crippen LogP) is 0.826. The molecule has 2 N–H and O–H groups in total. The van der Waals surface area contributed by atoms with Crippen LogP contribution < -0.4 is 10.6 Å². The number of anilines is 1. The molecule has 42 heavy (non-hydrogen) atoms. The van der Waals surface area contributed by atoms with Gasteiger partial charge < -0.3 is 29.0 Å². The minimum Gasteiger partial charge on any atom is -0.467 e. The molecule has 0 radical (unpaired) electrons. The fraction of sp³-hybridized carbons (Fsp3) is 0.571. The van der Waals surface area contributed by atoms with Crippen molar-refractivity contribution < 1.29 is 52.5 Å². The summed E-state index contributed by atoms with van der Waals surface area (Å²) in [6.07, 6.45) is 2.43. The molecule has 1 unspecified atom stereocenters. The van der Waals surface area contributed by atoms with Crippen LogP contribution in [-0.4, -0.2) is 106 Å². The summed E-state index contributed by atoms with van der Waals surface area (Å²) < 4.78 is 25.7. The van der Waals surface area contributed by atoms with E-state index in [1.807, 2.05) is 0 Å². The van der Waals surface area contributed by atoms with Crippen LogP contribution in [0.2, 0.25) is 0 Å². The van der Waals surface area contributed by atoms with Gasteiger partial charge in [-0.3, -0.25) is 34.2 Å². The van der Waals surface area contributed by atoms with E-state index in [1.165, 1.54) is 13.2 Å². The number of nitrogens with zero attached hydrogens (tertiary/aromatic N) is 1. The van der Waals surface area contributed by atoms with Crippen molar-refractivity contribution in [2.75, 3.05) is 65.3 Å². The van der Waals surface area contributed by atoms with Crippen LogP contribution in [-0.2, 0) is 42.9 Å². The van der Waals surface area contributed by atoms with Crippen LogP contribution in [0.1, 0.15) is 59.2 Å². The average Bonchev–Trinajstić information content (AvgIpc) is 3.22. The lowest BCUT2D eigenvalue weighted by molar-refractivity contribution is -0.146. The van der Waals surface area contributed by atoms with Gasteiger partial charge in [-0.1, -0.05) is 12.5 Å². The van der Waals surface area contributed by atoms with Crippen LogP contribution in [0.15, 0.2) is 18.2 Å². The van der Waals surface area contributed by atoms with E-state index in [4.69, 9.17) is 18.9 Å². The summed E-state index contributed by atoms with van der Waals surface area (Å²) in [4.78, 5) is 74.0. The van der Waals surface area contributed by atoms with Gasteiger partial charge in [0.15, 0.2) is 0 Å². The summed E-state index contributed by atoms with van der Waals surface area (Å²) in [5.74, 6) is -3.16. The second-order valence-corrected chi connectivity index (χ2v) is 9.50. The Kier molecular flexibility index (Phi) is 13.5. The summed E-state index contributed by atoms with van der Waals surface area (Å²) in [6.45, 7) is 2.74. The van der Waals surface area contributed by atoms with Crippen LogP contribution in [0.4, 0.5) is 5.69 Å². The highest BCUT2D eigenvalue weighted by molar-refractivity contribution is 6.26. The zero-order chi connectivity index (χ0) is 30.3. The van der Waals surface area contributed by atoms with Gasteiger partial charge in [0.2, 0.25) is 17.7 Å². The second-order valence-electron chi connectivity index (χ2n) is 9.50. The van der Waals surface area contributed by atoms with E-state index in [0.717, 1.165) is 17.7 Å². The van der Waals surface area contributed by atoms with E-state index in [9.17, 15) is 28.8 Å². The molecule has 0 aliphatic carbocycles. The summed E-state index contributed by atoms with van der Waals surface area (Å²) in [5.41, 5.74) is 0.372. The number of imide groups is 2. The van der Waals surface area contributed by atoms with Crippen molar-refractivity contribution in [2.24, 2.45) is 0 Å². The first-order chi connectivity index (χ1) is 20.3. The fourth-order valence-electron chi connectivity index (χ4n) is 4.37. The Morgan fingerprint density at radius 2 is 1.55 bits per heavy atom. The molecule has 1 fully saturated rings. The molecular weight excluding hydrogens is 554 g/mol. The zero-order valence-corrected chi connectivity index (χ0v) is 23.6. The highest BCUT2D eigenvalue weighted by Gasteiger charge is 2.45. The quantitative estimate of drug-likeness (QED) is 0.132. The van der Waals surface area contributed by atoms with E-state index in [1.54, 1.807) is 12.1 Å². The Morgan fingerprint density at radius 3 is 2.21 bits per heavy atom. The number of methoxy groups -OCH3 is 1. The van der Waals surface area contributed by atoms with Crippen molar-refractivity contribution in [2.45, 2.75) is 44.6 Å². The number of rotatable bonds is 19. The van der Waals surface area contributed by atoms with Crippen molar-refractivity contribution in [3.8, 4) is 0 Å². The molecule has 1 aromatic carbocycles. The van der Waals surface area contributed by atoms with Crippen molar-refractivity contribution in [3.05, 3.63) is 29.3 Å². The first-order valence-electron chi connectivity index (χ1n) is 13.9. The molecular formula is C28H37N3O11. The van der Waals surface area contributed by atoms with Gasteiger partial charge in [-0.2, -0.15) is 0 Å². The lowest BCUT2D eigenvalue weighted by Crippen LogP contribution is -2.54. The van der Waals surface area contributed by atoms with Gasteiger partial charge in [0.25, 0.3) is 11.8 Å². The average molecular weight is 592 g/mol. The Bertz CT molecular complexity index is 1140. The molecule has 14 nitrogen and oxygen atoms in total. The first kappa shape index (κ1) is 32.8. The van der Waals surface area contributed by atoms with Gasteiger partial charge in [0.1, 0.15) is 12.6 Å². The smallest absolute Gasteiger partial charge is 0.331 e. The summed E-state index contributed by atoms with van der Waals surface area (Å²) >= 11 is 0. The van der Waals surface area contributed by atoms with Crippen molar-refractivity contribution in [1.82, 2.24) is 10.2 Å². The van der Waals surface area contributed by atoms with E-state index in [0.29, 0.717) is 52.7 Å². The molecule has 2 aliphatic heterocycles. The van der Waals surface area contributed by atoms with E-state index < -0.39 is 35.6 Å². The Hall–Kier alpha value is -3.72. The third kappa shape index (κ3) is 9.69. The minimum atomic E-state index is -1.07. The second kappa shape index (κ2) is 17.3. The number of esters is 1. The number of hydrogen-bond acceptors (Lipinski definition) is 11. The summed E-state index contributed by atoms with van der Waals surface area (Å²) in [5, 5.41) is 4.87. The van der Waals surface area contributed by atoms with Gasteiger partial charge in [-0.15, -0.1) is 0 Å². The Labute approximate surface area is 243 Å². The number of piperidine rings is 1. The van der Waals surface area contributed by atoms with Gasteiger partial charge in [0.05, 0.1) is 63.6 Å². The molecule has 1 saturated heterocycles. The fourth-order valence-corrected chi connectivity index (χ4v) is 4.37. The maximum atomic E-state index is 13.1. The topological polar surface area (TPSA) is 176 Å². The van der Waals surface area contributed by atoms with E-state index >= 15 is 0 Å². The molecule has 230 valence electrons. The van der Waals surface area contributed by atoms with E-state index in [2.05, 4.69) is 15.4 Å². The number of hydrogen-bond donors (Lipinski definition) is 2. The predicted molar refractivity (Wildman–Crippen MR) is 146 cm³/mol. The molecule has 0 saturated carbocycles. The minimum absolute atomic E-state index is 0.0287. The van der Waals surface area contributed by atoms with Crippen LogP contribution in [0.5, 0.6) is 0 Å². The molecule has 0 spiro atoms. The molecule has 1 atom stereocenters. The molecule has 1 aromatic rings. The van der Waals surface area contributed by atoms with E-state index in [-0.39, 0.29) is 48.6 Å². The maximum Gasteiger partial charge on any atom is 0.331 e. The summed E-state index contributed by atoms with van der Waals surface area (Å²) in [6, 6.07) is 3.51. The van der Waals surface area contributed by atoms with Gasteiger partial charge in [-0.25, -0.2) is 4.79 Å². The standard InChI is InChI=1S/C28H37N3O11/c1-38-24(34)18-42-17-16-41-15-14-40-13-12-39-11-4-2-3-8-22(32)29-20-7-5-6-19-25(20)28(37)31(27(19)36)21-9-10-23(33)30-26(21)35/h5-7,21H,2-4,8-18H2,1H3,(H,29,32)(H,30,33,35). The highest BCUT2D eigenvalue weighted by Crippen LogP contribution is 2.32. The molecule has 2 aliphatic rings. The number of carbonyl (C=O) groups excluding carboxylic acids is 6. The molecule has 0 aromatic heterocycles. The third-order valence-electron chi connectivity index (χ3n) is 6.50. The molecule has 5 amide bonds. The Balaban J connectivity index is 1.25. The lowest BCUT2D eigenvalue weighted by Gasteiger charge is -2.27. The zero-order valence-electron chi connectivity index (χ0n) is 23.6. The lowest BCUT2D eigenvalue weighted by atomic mass is 10.0. The third-order valence-corrected chi connectivity index (χ3v) is 6.50. The number of benzene rings is 1. The van der Waals surface area contributed by atoms with Crippen LogP contribution in [0.25, 0.3) is 0 Å². The van der Waals surface area contributed by atoms with Crippen molar-refractivity contribution in [1.29, 1.82) is 0 Å². The Morgan fingerprint density at radius 1 is 0.881 bits per heavy atom. The molecule has 2 heterocycles. The number of nitrogens with one attached hydrogen (secondary N) is 2. The largest absolute Gasteiger partial charge is 0.467 e. The summed E-state index contributed by atoms with van der Waals surface area (Å²) in [7, 11) is 1.29.